The predicted octanol–water partition coefficient (Wildman–Crippen LogP) is 2.74. The number of benzene rings is 1. The molecule has 1 aromatic carbocycles. The summed E-state index contributed by atoms with van der Waals surface area (Å²) in [6, 6.07) is 10.1. The van der Waals surface area contributed by atoms with Crippen LogP contribution in [0.2, 0.25) is 0 Å². The number of aromatic nitrogens is 1. The Labute approximate surface area is 156 Å². The van der Waals surface area contributed by atoms with Crippen LogP contribution in [-0.4, -0.2) is 22.7 Å². The van der Waals surface area contributed by atoms with Gasteiger partial charge in [0.25, 0.3) is 11.8 Å². The molecule has 132 valence electrons. The predicted molar refractivity (Wildman–Crippen MR) is 102 cm³/mol. The summed E-state index contributed by atoms with van der Waals surface area (Å²) < 4.78 is 0. The number of primary amides is 1. The molecule has 9 heteroatoms. The average Bonchev–Trinajstić information content (AvgIpc) is 3.26. The van der Waals surface area contributed by atoms with Crippen molar-refractivity contribution in [2.75, 3.05) is 10.6 Å². The maximum Gasteiger partial charge on any atom is 0.265 e. The second-order valence-electron chi connectivity index (χ2n) is 5.25. The highest BCUT2D eigenvalue weighted by molar-refractivity contribution is 7.14. The summed E-state index contributed by atoms with van der Waals surface area (Å²) >= 11 is 2.55. The van der Waals surface area contributed by atoms with Gasteiger partial charge in [-0.15, -0.1) is 22.7 Å². The molecule has 0 unspecified atom stereocenters. The summed E-state index contributed by atoms with van der Waals surface area (Å²) in [4.78, 5) is 40.1. The molecule has 3 amide bonds. The van der Waals surface area contributed by atoms with Crippen LogP contribution in [0.1, 0.15) is 25.7 Å². The molecule has 0 spiro atoms. The molecule has 0 bridgehead atoms. The Kier molecular flexibility index (Phi) is 5.40. The summed E-state index contributed by atoms with van der Waals surface area (Å²) in [7, 11) is 0. The number of nitrogens with two attached hydrogens (primary N) is 1. The number of nitrogens with one attached hydrogen (secondary N) is 2. The van der Waals surface area contributed by atoms with Crippen molar-refractivity contribution in [3.8, 4) is 0 Å². The lowest BCUT2D eigenvalue weighted by Gasteiger charge is -2.06. The van der Waals surface area contributed by atoms with Crippen molar-refractivity contribution in [1.82, 2.24) is 4.98 Å². The molecule has 2 aromatic heterocycles. The van der Waals surface area contributed by atoms with Crippen LogP contribution in [0.3, 0.4) is 0 Å². The Balaban J connectivity index is 1.67. The fraction of sp³-hybridized carbons (Fsp3) is 0.0588. The lowest BCUT2D eigenvalue weighted by Crippen LogP contribution is -2.15. The highest BCUT2D eigenvalue weighted by Crippen LogP contribution is 2.19. The molecule has 3 aromatic rings. The van der Waals surface area contributed by atoms with E-state index in [0.29, 0.717) is 27.0 Å². The van der Waals surface area contributed by atoms with Gasteiger partial charge in [0.2, 0.25) is 5.91 Å². The number of thiophene rings is 1. The Morgan fingerprint density at radius 2 is 1.88 bits per heavy atom. The number of carbonyl (C=O) groups is 3. The smallest absolute Gasteiger partial charge is 0.265 e. The lowest BCUT2D eigenvalue weighted by molar-refractivity contribution is -0.117. The monoisotopic (exact) mass is 386 g/mol. The van der Waals surface area contributed by atoms with Crippen molar-refractivity contribution in [2.24, 2.45) is 5.73 Å². The molecule has 0 atom stereocenters. The third kappa shape index (κ3) is 4.52. The van der Waals surface area contributed by atoms with Crippen molar-refractivity contribution in [3.63, 3.8) is 0 Å². The summed E-state index contributed by atoms with van der Waals surface area (Å²) in [5.41, 5.74) is 6.52. The summed E-state index contributed by atoms with van der Waals surface area (Å²) in [6.07, 6.45) is 0.0244. The third-order valence-electron chi connectivity index (χ3n) is 3.26. The van der Waals surface area contributed by atoms with E-state index >= 15 is 0 Å². The first-order chi connectivity index (χ1) is 12.5. The van der Waals surface area contributed by atoms with E-state index in [0.717, 1.165) is 0 Å². The number of anilines is 2. The van der Waals surface area contributed by atoms with Gasteiger partial charge in [-0.2, -0.15) is 0 Å². The van der Waals surface area contributed by atoms with Crippen molar-refractivity contribution in [1.29, 1.82) is 0 Å². The summed E-state index contributed by atoms with van der Waals surface area (Å²) in [6.45, 7) is 0. The largest absolute Gasteiger partial charge is 0.369 e. The minimum atomic E-state index is -0.484. The zero-order valence-electron chi connectivity index (χ0n) is 13.4. The first-order valence-corrected chi connectivity index (χ1v) is 9.26. The Hall–Kier alpha value is -3.04. The zero-order valence-corrected chi connectivity index (χ0v) is 15.0. The number of carbonyl (C=O) groups excluding carboxylic acids is 3. The summed E-state index contributed by atoms with van der Waals surface area (Å²) in [5.74, 6) is -1.08. The average molecular weight is 386 g/mol. The van der Waals surface area contributed by atoms with Gasteiger partial charge in [0.05, 0.1) is 17.0 Å². The highest BCUT2D eigenvalue weighted by Gasteiger charge is 2.12. The summed E-state index contributed by atoms with van der Waals surface area (Å²) in [5, 5.41) is 9.28. The van der Waals surface area contributed by atoms with Crippen LogP contribution in [0.15, 0.2) is 47.2 Å². The van der Waals surface area contributed by atoms with Gasteiger partial charge in [-0.25, -0.2) is 4.98 Å². The molecule has 0 aliphatic heterocycles. The molecule has 26 heavy (non-hydrogen) atoms. The highest BCUT2D eigenvalue weighted by atomic mass is 32.1. The number of hydrogen-bond donors (Lipinski definition) is 3. The Morgan fingerprint density at radius 1 is 1.04 bits per heavy atom. The molecule has 0 radical (unpaired) electrons. The molecule has 0 aliphatic carbocycles. The van der Waals surface area contributed by atoms with E-state index in [1.165, 1.54) is 22.7 Å². The number of amides is 3. The number of rotatable bonds is 6. The number of nitrogens with zero attached hydrogens (tertiary/aromatic N) is 1. The van der Waals surface area contributed by atoms with Gasteiger partial charge in [0.15, 0.2) is 5.13 Å². The van der Waals surface area contributed by atoms with Crippen LogP contribution in [0, 0.1) is 0 Å². The molecular formula is C17H14N4O3S2. The minimum Gasteiger partial charge on any atom is -0.369 e. The molecule has 0 aliphatic rings. The van der Waals surface area contributed by atoms with E-state index in [1.807, 2.05) is 5.38 Å². The Morgan fingerprint density at radius 3 is 2.62 bits per heavy atom. The normalized spacial score (nSPS) is 10.3. The maximum atomic E-state index is 12.4. The fourth-order valence-corrected chi connectivity index (χ4v) is 3.46. The second-order valence-corrected chi connectivity index (χ2v) is 7.06. The van der Waals surface area contributed by atoms with E-state index in [1.54, 1.807) is 41.8 Å². The van der Waals surface area contributed by atoms with E-state index in [4.69, 9.17) is 5.73 Å². The van der Waals surface area contributed by atoms with Crippen LogP contribution in [0.25, 0.3) is 0 Å². The topological polar surface area (TPSA) is 114 Å². The molecule has 0 saturated carbocycles. The molecule has 0 saturated heterocycles. The Bertz CT molecular complexity index is 951. The molecule has 7 nitrogen and oxygen atoms in total. The standard InChI is InChI=1S/C17H14N4O3S2/c18-14(22)8-12-9-26-17(20-12)21-15(23)10-3-1-4-11(7-10)19-16(24)13-5-2-6-25-13/h1-7,9H,8H2,(H2,18,22)(H,19,24)(H,20,21,23). The van der Waals surface area contributed by atoms with Crippen molar-refractivity contribution in [3.05, 3.63) is 63.3 Å². The van der Waals surface area contributed by atoms with E-state index in [2.05, 4.69) is 15.6 Å². The van der Waals surface area contributed by atoms with Crippen LogP contribution >= 0.6 is 22.7 Å². The molecule has 0 fully saturated rings. The van der Waals surface area contributed by atoms with Gasteiger partial charge >= 0.3 is 0 Å². The third-order valence-corrected chi connectivity index (χ3v) is 4.93. The van der Waals surface area contributed by atoms with Crippen molar-refractivity contribution >= 4 is 51.2 Å². The number of thiazole rings is 1. The SMILES string of the molecule is NC(=O)Cc1csc(NC(=O)c2cccc(NC(=O)c3cccs3)c2)n1. The van der Waals surface area contributed by atoms with Crippen molar-refractivity contribution < 1.29 is 14.4 Å². The van der Waals surface area contributed by atoms with Gasteiger partial charge in [0, 0.05) is 16.6 Å². The number of hydrogen-bond acceptors (Lipinski definition) is 6. The molecule has 2 heterocycles. The van der Waals surface area contributed by atoms with Crippen LogP contribution < -0.4 is 16.4 Å². The molecule has 3 rings (SSSR count). The lowest BCUT2D eigenvalue weighted by atomic mass is 10.2. The van der Waals surface area contributed by atoms with Crippen LogP contribution in [-0.2, 0) is 11.2 Å². The van der Waals surface area contributed by atoms with Crippen LogP contribution in [0.5, 0.6) is 0 Å². The fourth-order valence-electron chi connectivity index (χ4n) is 2.13. The van der Waals surface area contributed by atoms with E-state index in [-0.39, 0.29) is 18.2 Å². The first-order valence-electron chi connectivity index (χ1n) is 7.50. The first kappa shape index (κ1) is 17.8. The van der Waals surface area contributed by atoms with Gasteiger partial charge in [0.1, 0.15) is 0 Å². The van der Waals surface area contributed by atoms with Gasteiger partial charge < -0.3 is 11.1 Å². The second kappa shape index (κ2) is 7.89. The zero-order chi connectivity index (χ0) is 18.5. The van der Waals surface area contributed by atoms with Crippen LogP contribution in [0.4, 0.5) is 10.8 Å². The molecule has 4 N–H and O–H groups in total. The van der Waals surface area contributed by atoms with Gasteiger partial charge in [-0.1, -0.05) is 12.1 Å². The van der Waals surface area contributed by atoms with Crippen molar-refractivity contribution in [2.45, 2.75) is 6.42 Å². The van der Waals surface area contributed by atoms with E-state index in [9.17, 15) is 14.4 Å². The van der Waals surface area contributed by atoms with E-state index < -0.39 is 5.91 Å². The maximum absolute atomic E-state index is 12.4. The minimum absolute atomic E-state index is 0.0244. The van der Waals surface area contributed by atoms with Gasteiger partial charge in [-0.05, 0) is 29.6 Å². The van der Waals surface area contributed by atoms with Gasteiger partial charge in [-0.3, -0.25) is 19.7 Å². The molecular weight excluding hydrogens is 372 g/mol. The quantitative estimate of drug-likeness (QED) is 0.604.